The average molecular weight is 455 g/mol. The zero-order valence-corrected chi connectivity index (χ0v) is 19.5. The van der Waals surface area contributed by atoms with Crippen LogP contribution in [0.4, 0.5) is 10.1 Å². The van der Waals surface area contributed by atoms with Gasteiger partial charge in [-0.15, -0.1) is 0 Å². The van der Waals surface area contributed by atoms with Crippen LogP contribution in [0.5, 0.6) is 0 Å². The van der Waals surface area contributed by atoms with Crippen molar-refractivity contribution in [2.75, 3.05) is 11.9 Å². The van der Waals surface area contributed by atoms with Crippen LogP contribution in [0.1, 0.15) is 27.8 Å². The maximum atomic E-state index is 13.7. The number of benzene rings is 3. The van der Waals surface area contributed by atoms with Gasteiger partial charge in [0, 0.05) is 12.2 Å². The van der Waals surface area contributed by atoms with E-state index in [0.717, 1.165) is 21.0 Å². The Balaban J connectivity index is 1.96. The molecule has 3 aromatic rings. The van der Waals surface area contributed by atoms with Crippen LogP contribution in [-0.4, -0.2) is 25.2 Å². The Bertz CT molecular complexity index is 1220. The van der Waals surface area contributed by atoms with Crippen molar-refractivity contribution < 1.29 is 17.6 Å². The molecule has 1 N–H and O–H groups in total. The normalized spacial score (nSPS) is 11.6. The van der Waals surface area contributed by atoms with Crippen LogP contribution in [-0.2, 0) is 21.4 Å². The minimum atomic E-state index is -3.98. The van der Waals surface area contributed by atoms with Gasteiger partial charge in [-0.25, -0.2) is 12.8 Å². The number of anilines is 1. The van der Waals surface area contributed by atoms with Crippen LogP contribution in [0.25, 0.3) is 0 Å². The lowest BCUT2D eigenvalue weighted by atomic mass is 10.1. The van der Waals surface area contributed by atoms with E-state index in [9.17, 15) is 17.6 Å². The first-order valence-corrected chi connectivity index (χ1v) is 11.7. The Morgan fingerprint density at radius 3 is 2.12 bits per heavy atom. The van der Waals surface area contributed by atoms with Crippen LogP contribution in [0.15, 0.2) is 65.6 Å². The molecule has 3 aromatic carbocycles. The van der Waals surface area contributed by atoms with E-state index in [2.05, 4.69) is 5.32 Å². The highest BCUT2D eigenvalue weighted by Gasteiger charge is 2.30. The van der Waals surface area contributed by atoms with Crippen molar-refractivity contribution in [2.24, 2.45) is 0 Å². The molecule has 0 aliphatic rings. The van der Waals surface area contributed by atoms with Gasteiger partial charge in [-0.05, 0) is 62.6 Å². The Kier molecular flexibility index (Phi) is 7.11. The third-order valence-electron chi connectivity index (χ3n) is 5.11. The summed E-state index contributed by atoms with van der Waals surface area (Å²) in [6.45, 7) is 7.00. The molecule has 168 valence electrons. The predicted octanol–water partition coefficient (Wildman–Crippen LogP) is 4.89. The van der Waals surface area contributed by atoms with Crippen LogP contribution in [0.2, 0.25) is 0 Å². The van der Waals surface area contributed by atoms with E-state index in [0.29, 0.717) is 11.1 Å². The van der Waals surface area contributed by atoms with E-state index in [1.807, 2.05) is 50.2 Å². The fraction of sp³-hybridized carbons (Fsp3) is 0.240. The minimum absolute atomic E-state index is 0.0337. The molecule has 0 aromatic heterocycles. The second-order valence-electron chi connectivity index (χ2n) is 8.05. The molecule has 0 saturated heterocycles. The van der Waals surface area contributed by atoms with Gasteiger partial charge in [-0.3, -0.25) is 4.79 Å². The molecule has 0 atom stereocenters. The first-order valence-electron chi connectivity index (χ1n) is 10.3. The number of hydrogen-bond donors (Lipinski definition) is 1. The number of carbonyl (C=O) groups is 1. The molecule has 0 bridgehead atoms. The summed E-state index contributed by atoms with van der Waals surface area (Å²) in [6, 6.07) is 16.6. The monoisotopic (exact) mass is 454 g/mol. The number of hydrogen-bond acceptors (Lipinski definition) is 3. The smallest absolute Gasteiger partial charge is 0.244 e. The molecule has 5 nitrogen and oxygen atoms in total. The van der Waals surface area contributed by atoms with Crippen molar-refractivity contribution >= 4 is 21.6 Å². The van der Waals surface area contributed by atoms with E-state index < -0.39 is 28.3 Å². The highest BCUT2D eigenvalue weighted by molar-refractivity contribution is 7.89. The SMILES string of the molecule is Cc1ccc(CN(CC(=O)Nc2cccc(F)c2)S(=O)(=O)c2c(C)cc(C)cc2C)cc1. The van der Waals surface area contributed by atoms with Crippen molar-refractivity contribution in [3.8, 4) is 0 Å². The van der Waals surface area contributed by atoms with Crippen molar-refractivity contribution in [2.45, 2.75) is 39.1 Å². The van der Waals surface area contributed by atoms with E-state index in [1.54, 1.807) is 19.9 Å². The maximum Gasteiger partial charge on any atom is 0.244 e. The second kappa shape index (κ2) is 9.63. The molecule has 7 heteroatoms. The first-order chi connectivity index (χ1) is 15.1. The van der Waals surface area contributed by atoms with Gasteiger partial charge in [0.2, 0.25) is 15.9 Å². The Morgan fingerprint density at radius 2 is 1.53 bits per heavy atom. The first kappa shape index (κ1) is 23.6. The molecule has 0 fully saturated rings. The number of halogens is 1. The number of nitrogens with zero attached hydrogens (tertiary/aromatic N) is 1. The Labute approximate surface area is 188 Å². The maximum absolute atomic E-state index is 13.7. The summed E-state index contributed by atoms with van der Waals surface area (Å²) < 4.78 is 42.0. The number of sulfonamides is 1. The quantitative estimate of drug-likeness (QED) is 0.553. The molecular weight excluding hydrogens is 427 g/mol. The summed E-state index contributed by atoms with van der Waals surface area (Å²) in [7, 11) is -3.98. The van der Waals surface area contributed by atoms with Gasteiger partial charge >= 0.3 is 0 Å². The number of carbonyl (C=O) groups excluding carboxylic acids is 1. The fourth-order valence-electron chi connectivity index (χ4n) is 3.75. The molecule has 3 rings (SSSR count). The molecular formula is C25H27FN2O3S. The van der Waals surface area contributed by atoms with Gasteiger partial charge in [0.1, 0.15) is 5.82 Å². The topological polar surface area (TPSA) is 66.5 Å². The molecule has 0 heterocycles. The minimum Gasteiger partial charge on any atom is -0.325 e. The van der Waals surface area contributed by atoms with Gasteiger partial charge in [0.25, 0.3) is 0 Å². The molecule has 0 saturated carbocycles. The fourth-order valence-corrected chi connectivity index (χ4v) is 5.55. The van der Waals surface area contributed by atoms with Crippen molar-refractivity contribution in [1.82, 2.24) is 4.31 Å². The van der Waals surface area contributed by atoms with E-state index >= 15 is 0 Å². The molecule has 0 spiro atoms. The van der Waals surface area contributed by atoms with Crippen molar-refractivity contribution in [1.29, 1.82) is 0 Å². The summed E-state index contributed by atoms with van der Waals surface area (Å²) in [6.07, 6.45) is 0. The van der Waals surface area contributed by atoms with Crippen LogP contribution in [0.3, 0.4) is 0 Å². The summed E-state index contributed by atoms with van der Waals surface area (Å²) in [4.78, 5) is 12.9. The lowest BCUT2D eigenvalue weighted by Gasteiger charge is -2.24. The zero-order chi connectivity index (χ0) is 23.5. The van der Waals surface area contributed by atoms with E-state index in [4.69, 9.17) is 0 Å². The molecule has 0 aliphatic carbocycles. The summed E-state index contributed by atoms with van der Waals surface area (Å²) in [5.41, 5.74) is 4.31. The average Bonchev–Trinajstić information content (AvgIpc) is 2.68. The largest absolute Gasteiger partial charge is 0.325 e. The third kappa shape index (κ3) is 5.60. The van der Waals surface area contributed by atoms with Crippen LogP contribution in [0, 0.1) is 33.5 Å². The molecule has 32 heavy (non-hydrogen) atoms. The summed E-state index contributed by atoms with van der Waals surface area (Å²) in [5.74, 6) is -1.04. The van der Waals surface area contributed by atoms with Crippen LogP contribution < -0.4 is 5.32 Å². The van der Waals surface area contributed by atoms with Gasteiger partial charge in [0.05, 0.1) is 11.4 Å². The molecule has 0 radical (unpaired) electrons. The van der Waals surface area contributed by atoms with E-state index in [1.165, 1.54) is 18.2 Å². The number of nitrogens with one attached hydrogen (secondary N) is 1. The summed E-state index contributed by atoms with van der Waals surface area (Å²) in [5, 5.41) is 2.58. The third-order valence-corrected chi connectivity index (χ3v) is 7.21. The highest BCUT2D eigenvalue weighted by atomic mass is 32.2. The van der Waals surface area contributed by atoms with Crippen LogP contribution >= 0.6 is 0 Å². The predicted molar refractivity (Wildman–Crippen MR) is 124 cm³/mol. The lowest BCUT2D eigenvalue weighted by Crippen LogP contribution is -2.38. The Morgan fingerprint density at radius 1 is 0.906 bits per heavy atom. The molecule has 0 unspecified atom stereocenters. The lowest BCUT2D eigenvalue weighted by molar-refractivity contribution is -0.116. The summed E-state index contributed by atoms with van der Waals surface area (Å²) >= 11 is 0. The number of rotatable bonds is 7. The van der Waals surface area contributed by atoms with Crippen molar-refractivity contribution in [3.05, 3.63) is 94.3 Å². The standard InChI is InChI=1S/C25H27FN2O3S/c1-17-8-10-21(11-9-17)15-28(16-24(29)27-23-7-5-6-22(26)14-23)32(30,31)25-19(3)12-18(2)13-20(25)4/h5-14H,15-16H2,1-4H3,(H,27,29). The highest BCUT2D eigenvalue weighted by Crippen LogP contribution is 2.26. The van der Waals surface area contributed by atoms with Gasteiger partial charge < -0.3 is 5.32 Å². The van der Waals surface area contributed by atoms with Gasteiger partial charge in [0.15, 0.2) is 0 Å². The Hall–Kier alpha value is -3.03. The zero-order valence-electron chi connectivity index (χ0n) is 18.6. The van der Waals surface area contributed by atoms with E-state index in [-0.39, 0.29) is 17.1 Å². The molecule has 0 aliphatic heterocycles. The van der Waals surface area contributed by atoms with Crippen molar-refractivity contribution in [3.63, 3.8) is 0 Å². The number of amides is 1. The van der Waals surface area contributed by atoms with Gasteiger partial charge in [-0.1, -0.05) is 53.6 Å². The number of aryl methyl sites for hydroxylation is 4. The second-order valence-corrected chi connectivity index (χ2v) is 9.92. The molecule has 1 amide bonds. The van der Waals surface area contributed by atoms with Gasteiger partial charge in [-0.2, -0.15) is 4.31 Å².